The van der Waals surface area contributed by atoms with Crippen molar-refractivity contribution in [3.8, 4) is 5.75 Å². The van der Waals surface area contributed by atoms with Crippen molar-refractivity contribution in [1.82, 2.24) is 14.7 Å². The molecule has 1 amide bonds. The Hall–Kier alpha value is -2.30. The molecule has 2 heterocycles. The van der Waals surface area contributed by atoms with Gasteiger partial charge >= 0.3 is 0 Å². The number of hydrogen-bond donors (Lipinski definition) is 0. The van der Waals surface area contributed by atoms with E-state index >= 15 is 0 Å². The summed E-state index contributed by atoms with van der Waals surface area (Å²) in [6, 6.07) is 7.76. The van der Waals surface area contributed by atoms with Gasteiger partial charge in [-0.1, -0.05) is 12.1 Å². The fourth-order valence-corrected chi connectivity index (χ4v) is 3.19. The van der Waals surface area contributed by atoms with Crippen LogP contribution >= 0.6 is 0 Å². The van der Waals surface area contributed by atoms with Crippen LogP contribution in [0.4, 0.5) is 0 Å². The number of rotatable bonds is 4. The number of aryl methyl sites for hydroxylation is 2. The van der Waals surface area contributed by atoms with E-state index in [2.05, 4.69) is 5.10 Å². The van der Waals surface area contributed by atoms with Crippen LogP contribution in [-0.4, -0.2) is 33.7 Å². The number of nitrogens with zero attached hydrogens (tertiary/aromatic N) is 3. The summed E-state index contributed by atoms with van der Waals surface area (Å²) < 4.78 is 7.77. The number of likely N-dealkylation sites (tertiary alicyclic amines) is 1. The minimum absolute atomic E-state index is 0.130. The predicted octanol–water partition coefficient (Wildman–Crippen LogP) is 3.24. The first kappa shape index (κ1) is 16.6. The van der Waals surface area contributed by atoms with Crippen LogP contribution in [0, 0.1) is 13.8 Å². The molecule has 0 bridgehead atoms. The molecule has 2 aromatic rings. The maximum absolute atomic E-state index is 12.6. The Labute approximate surface area is 143 Å². The molecule has 0 spiro atoms. The number of benzene rings is 1. The zero-order valence-corrected chi connectivity index (χ0v) is 14.7. The number of carbonyl (C=O) groups excluding carboxylic acids is 1. The van der Waals surface area contributed by atoms with Crippen LogP contribution < -0.4 is 4.74 Å². The molecule has 128 valence electrons. The molecular formula is C19H25N3O2. The van der Waals surface area contributed by atoms with Gasteiger partial charge in [-0.2, -0.15) is 5.10 Å². The van der Waals surface area contributed by atoms with Crippen LogP contribution in [-0.2, 0) is 13.7 Å². The molecule has 1 fully saturated rings. The SMILES string of the molecule is Cc1nn(C)c(C)c1OCc1cccc(C(=O)N2CCCCC2)c1. The Bertz CT molecular complexity index is 730. The first-order valence-electron chi connectivity index (χ1n) is 8.57. The second-order valence-electron chi connectivity index (χ2n) is 6.47. The Morgan fingerprint density at radius 3 is 2.62 bits per heavy atom. The van der Waals surface area contributed by atoms with Gasteiger partial charge in [-0.15, -0.1) is 0 Å². The third-order valence-electron chi connectivity index (χ3n) is 4.64. The molecule has 1 aromatic carbocycles. The monoisotopic (exact) mass is 327 g/mol. The Balaban J connectivity index is 1.70. The van der Waals surface area contributed by atoms with E-state index in [1.54, 1.807) is 0 Å². The molecule has 0 N–H and O–H groups in total. The lowest BCUT2D eigenvalue weighted by Gasteiger charge is -2.26. The second kappa shape index (κ2) is 7.07. The Kier molecular flexibility index (Phi) is 4.88. The molecule has 0 radical (unpaired) electrons. The Morgan fingerprint density at radius 2 is 1.96 bits per heavy atom. The molecule has 5 nitrogen and oxygen atoms in total. The van der Waals surface area contributed by atoms with Crippen molar-refractivity contribution < 1.29 is 9.53 Å². The topological polar surface area (TPSA) is 47.4 Å². The molecule has 1 saturated heterocycles. The van der Waals surface area contributed by atoms with Crippen molar-refractivity contribution >= 4 is 5.91 Å². The van der Waals surface area contributed by atoms with Crippen LogP contribution in [0.1, 0.15) is 46.6 Å². The first-order valence-corrected chi connectivity index (χ1v) is 8.57. The van der Waals surface area contributed by atoms with Crippen molar-refractivity contribution in [3.05, 3.63) is 46.8 Å². The van der Waals surface area contributed by atoms with Gasteiger partial charge in [-0.25, -0.2) is 0 Å². The normalized spacial score (nSPS) is 14.7. The zero-order chi connectivity index (χ0) is 17.1. The number of ether oxygens (including phenoxy) is 1. The third kappa shape index (κ3) is 3.45. The van der Waals surface area contributed by atoms with Gasteiger partial charge in [0.05, 0.1) is 5.69 Å². The van der Waals surface area contributed by atoms with E-state index < -0.39 is 0 Å². The highest BCUT2D eigenvalue weighted by Crippen LogP contribution is 2.23. The van der Waals surface area contributed by atoms with E-state index in [4.69, 9.17) is 4.74 Å². The number of aromatic nitrogens is 2. The molecule has 1 aliphatic heterocycles. The summed E-state index contributed by atoms with van der Waals surface area (Å²) in [6.07, 6.45) is 3.43. The number of piperidine rings is 1. The standard InChI is InChI=1S/C19H25N3O2/c1-14-18(15(2)21(3)20-14)24-13-16-8-7-9-17(12-16)19(23)22-10-5-4-6-11-22/h7-9,12H,4-6,10-11,13H2,1-3H3. The van der Waals surface area contributed by atoms with E-state index in [1.165, 1.54) is 6.42 Å². The van der Waals surface area contributed by atoms with E-state index in [0.29, 0.717) is 6.61 Å². The van der Waals surface area contributed by atoms with Crippen molar-refractivity contribution in [2.75, 3.05) is 13.1 Å². The minimum Gasteiger partial charge on any atom is -0.485 e. The maximum Gasteiger partial charge on any atom is 0.253 e. The summed E-state index contributed by atoms with van der Waals surface area (Å²) in [4.78, 5) is 14.6. The summed E-state index contributed by atoms with van der Waals surface area (Å²) in [5, 5.41) is 4.36. The number of amides is 1. The molecule has 0 atom stereocenters. The molecule has 5 heteroatoms. The quantitative estimate of drug-likeness (QED) is 0.866. The molecule has 1 aliphatic rings. The lowest BCUT2D eigenvalue weighted by Crippen LogP contribution is -2.35. The fraction of sp³-hybridized carbons (Fsp3) is 0.474. The maximum atomic E-state index is 12.6. The highest BCUT2D eigenvalue weighted by atomic mass is 16.5. The molecule has 3 rings (SSSR count). The van der Waals surface area contributed by atoms with Gasteiger partial charge < -0.3 is 9.64 Å². The number of carbonyl (C=O) groups is 1. The molecule has 24 heavy (non-hydrogen) atoms. The summed E-state index contributed by atoms with van der Waals surface area (Å²) in [5.74, 6) is 0.954. The van der Waals surface area contributed by atoms with Crippen LogP contribution in [0.25, 0.3) is 0 Å². The third-order valence-corrected chi connectivity index (χ3v) is 4.64. The second-order valence-corrected chi connectivity index (χ2v) is 6.47. The largest absolute Gasteiger partial charge is 0.485 e. The van der Waals surface area contributed by atoms with Crippen LogP contribution in [0.3, 0.4) is 0 Å². The molecule has 1 aromatic heterocycles. The molecule has 0 saturated carbocycles. The molecular weight excluding hydrogens is 302 g/mol. The van der Waals surface area contributed by atoms with Gasteiger partial charge in [0, 0.05) is 25.7 Å². The summed E-state index contributed by atoms with van der Waals surface area (Å²) >= 11 is 0. The lowest BCUT2D eigenvalue weighted by atomic mass is 10.1. The summed E-state index contributed by atoms with van der Waals surface area (Å²) in [5.41, 5.74) is 3.64. The first-order chi connectivity index (χ1) is 11.6. The van der Waals surface area contributed by atoms with Gasteiger partial charge in [-0.3, -0.25) is 9.48 Å². The van der Waals surface area contributed by atoms with Gasteiger partial charge in [0.2, 0.25) is 0 Å². The van der Waals surface area contributed by atoms with Gasteiger partial charge in [0.25, 0.3) is 5.91 Å². The highest BCUT2D eigenvalue weighted by molar-refractivity contribution is 5.94. The minimum atomic E-state index is 0.130. The van der Waals surface area contributed by atoms with Gasteiger partial charge in [0.15, 0.2) is 5.75 Å². The van der Waals surface area contributed by atoms with Crippen LogP contribution in [0.15, 0.2) is 24.3 Å². The fourth-order valence-electron chi connectivity index (χ4n) is 3.19. The molecule has 0 aliphatic carbocycles. The van der Waals surface area contributed by atoms with E-state index in [0.717, 1.165) is 54.2 Å². The average Bonchev–Trinajstić information content (AvgIpc) is 2.85. The lowest BCUT2D eigenvalue weighted by molar-refractivity contribution is 0.0724. The summed E-state index contributed by atoms with van der Waals surface area (Å²) in [7, 11) is 1.91. The highest BCUT2D eigenvalue weighted by Gasteiger charge is 2.18. The molecule has 0 unspecified atom stereocenters. The van der Waals surface area contributed by atoms with Crippen molar-refractivity contribution in [1.29, 1.82) is 0 Å². The zero-order valence-electron chi connectivity index (χ0n) is 14.7. The summed E-state index contributed by atoms with van der Waals surface area (Å²) in [6.45, 7) is 6.11. The van der Waals surface area contributed by atoms with Crippen molar-refractivity contribution in [2.45, 2.75) is 39.7 Å². The van der Waals surface area contributed by atoms with Crippen molar-refractivity contribution in [2.24, 2.45) is 7.05 Å². The van der Waals surface area contributed by atoms with Crippen LogP contribution in [0.5, 0.6) is 5.75 Å². The Morgan fingerprint density at radius 1 is 1.21 bits per heavy atom. The van der Waals surface area contributed by atoms with Gasteiger partial charge in [0.1, 0.15) is 12.3 Å². The smallest absolute Gasteiger partial charge is 0.253 e. The average molecular weight is 327 g/mol. The number of hydrogen-bond acceptors (Lipinski definition) is 3. The predicted molar refractivity (Wildman–Crippen MR) is 93.2 cm³/mol. The van der Waals surface area contributed by atoms with E-state index in [9.17, 15) is 4.79 Å². The van der Waals surface area contributed by atoms with Gasteiger partial charge in [-0.05, 0) is 50.8 Å². The van der Waals surface area contributed by atoms with E-state index in [-0.39, 0.29) is 5.91 Å². The van der Waals surface area contributed by atoms with Crippen LogP contribution in [0.2, 0.25) is 0 Å². The van der Waals surface area contributed by atoms with Crippen molar-refractivity contribution in [3.63, 3.8) is 0 Å². The van der Waals surface area contributed by atoms with E-state index in [1.807, 2.05) is 54.7 Å².